The van der Waals surface area contributed by atoms with Crippen LogP contribution in [0.3, 0.4) is 0 Å². The van der Waals surface area contributed by atoms with Crippen molar-refractivity contribution in [2.45, 2.75) is 10.9 Å². The van der Waals surface area contributed by atoms with E-state index in [0.717, 1.165) is 10.0 Å². The van der Waals surface area contributed by atoms with Crippen molar-refractivity contribution in [3.05, 3.63) is 44.3 Å². The highest BCUT2D eigenvalue weighted by molar-refractivity contribution is 9.10. The van der Waals surface area contributed by atoms with Gasteiger partial charge in [-0.3, -0.25) is 14.8 Å². The Bertz CT molecular complexity index is 696. The summed E-state index contributed by atoms with van der Waals surface area (Å²) in [5.74, 6) is 5.35. The monoisotopic (exact) mass is 357 g/mol. The van der Waals surface area contributed by atoms with Gasteiger partial charge in [0.25, 0.3) is 5.91 Å². The third kappa shape index (κ3) is 3.11. The number of hydrazine groups is 1. The molecule has 0 spiro atoms. The van der Waals surface area contributed by atoms with Crippen LogP contribution in [0, 0.1) is 0 Å². The van der Waals surface area contributed by atoms with Crippen molar-refractivity contribution >= 4 is 33.6 Å². The van der Waals surface area contributed by atoms with Gasteiger partial charge in [0.1, 0.15) is 0 Å². The van der Waals surface area contributed by atoms with Gasteiger partial charge in [-0.15, -0.1) is 5.10 Å². The van der Waals surface area contributed by atoms with E-state index in [9.17, 15) is 9.59 Å². The smallest absolute Gasteiger partial charge is 0.290 e. The van der Waals surface area contributed by atoms with Crippen LogP contribution in [0.2, 0.25) is 0 Å². The molecule has 2 rings (SSSR count). The predicted molar refractivity (Wildman–Crippen MR) is 79.2 cm³/mol. The van der Waals surface area contributed by atoms with Gasteiger partial charge in [0, 0.05) is 22.8 Å². The van der Waals surface area contributed by atoms with E-state index in [0.29, 0.717) is 16.5 Å². The molecule has 2 aromatic rings. The van der Waals surface area contributed by atoms with Gasteiger partial charge in [-0.05, 0) is 17.7 Å². The van der Waals surface area contributed by atoms with Crippen LogP contribution in [0.4, 0.5) is 0 Å². The van der Waals surface area contributed by atoms with Gasteiger partial charge >= 0.3 is 5.69 Å². The van der Waals surface area contributed by atoms with Crippen molar-refractivity contribution < 1.29 is 4.79 Å². The molecule has 20 heavy (non-hydrogen) atoms. The summed E-state index contributed by atoms with van der Waals surface area (Å²) < 4.78 is 2.24. The number of H-pyrrole nitrogens is 1. The van der Waals surface area contributed by atoms with E-state index in [1.54, 1.807) is 19.2 Å². The summed E-state index contributed by atoms with van der Waals surface area (Å²) in [6.07, 6.45) is 0. The molecule has 0 bridgehead atoms. The molecular formula is C11H12BrN5O2S. The Morgan fingerprint density at radius 2 is 2.35 bits per heavy atom. The minimum absolute atomic E-state index is 0.249. The van der Waals surface area contributed by atoms with Gasteiger partial charge in [-0.1, -0.05) is 33.8 Å². The van der Waals surface area contributed by atoms with Crippen molar-refractivity contribution in [1.29, 1.82) is 0 Å². The molecule has 0 saturated heterocycles. The molecule has 9 heteroatoms. The fourth-order valence-corrected chi connectivity index (χ4v) is 3.12. The first kappa shape index (κ1) is 14.8. The Hall–Kier alpha value is -1.58. The summed E-state index contributed by atoms with van der Waals surface area (Å²) >= 11 is 4.83. The molecule has 0 unspecified atom stereocenters. The number of nitrogens with two attached hydrogens (primary N) is 1. The van der Waals surface area contributed by atoms with Crippen LogP contribution < -0.4 is 17.0 Å². The minimum atomic E-state index is -0.348. The van der Waals surface area contributed by atoms with Crippen LogP contribution in [0.5, 0.6) is 0 Å². The molecule has 0 aliphatic rings. The highest BCUT2D eigenvalue weighted by atomic mass is 79.9. The maximum absolute atomic E-state index is 11.4. The molecule has 0 aliphatic carbocycles. The number of rotatable bonds is 4. The zero-order valence-electron chi connectivity index (χ0n) is 10.5. The highest BCUT2D eigenvalue weighted by Crippen LogP contribution is 2.25. The van der Waals surface area contributed by atoms with Crippen LogP contribution >= 0.6 is 27.7 Å². The second-order valence-electron chi connectivity index (χ2n) is 3.94. The van der Waals surface area contributed by atoms with Crippen molar-refractivity contribution in [3.8, 4) is 0 Å². The average molecular weight is 358 g/mol. The van der Waals surface area contributed by atoms with Gasteiger partial charge in [0.15, 0.2) is 5.16 Å². The zero-order chi connectivity index (χ0) is 14.7. The van der Waals surface area contributed by atoms with E-state index in [2.05, 4.69) is 31.6 Å². The van der Waals surface area contributed by atoms with Gasteiger partial charge in [-0.25, -0.2) is 15.7 Å². The summed E-state index contributed by atoms with van der Waals surface area (Å²) in [4.78, 5) is 22.6. The summed E-state index contributed by atoms with van der Waals surface area (Å²) in [6, 6.07) is 5.21. The molecule has 7 nitrogen and oxygen atoms in total. The molecule has 1 heterocycles. The van der Waals surface area contributed by atoms with Gasteiger partial charge in [-0.2, -0.15) is 0 Å². The number of amides is 1. The first-order valence-corrected chi connectivity index (χ1v) is 7.34. The third-order valence-electron chi connectivity index (χ3n) is 2.64. The Kier molecular flexibility index (Phi) is 4.63. The van der Waals surface area contributed by atoms with E-state index < -0.39 is 0 Å². The largest absolute Gasteiger partial charge is 0.343 e. The number of nitrogen functional groups attached to an aromatic ring is 1. The third-order valence-corrected chi connectivity index (χ3v) is 4.46. The number of hydrogen-bond donors (Lipinski definition) is 3. The number of hydrogen-bond acceptors (Lipinski definition) is 5. The summed E-state index contributed by atoms with van der Waals surface area (Å²) in [6.45, 7) is 0. The number of aromatic amines is 1. The first-order valence-electron chi connectivity index (χ1n) is 5.56. The number of nitrogens with one attached hydrogen (secondary N) is 2. The van der Waals surface area contributed by atoms with E-state index in [1.807, 2.05) is 6.07 Å². The lowest BCUT2D eigenvalue weighted by Gasteiger charge is -2.06. The molecular weight excluding hydrogens is 346 g/mol. The van der Waals surface area contributed by atoms with E-state index in [-0.39, 0.29) is 11.6 Å². The van der Waals surface area contributed by atoms with Crippen LogP contribution in [0.15, 0.2) is 32.6 Å². The zero-order valence-corrected chi connectivity index (χ0v) is 12.9. The molecule has 106 valence electrons. The van der Waals surface area contributed by atoms with Crippen LogP contribution in [-0.2, 0) is 12.8 Å². The lowest BCUT2D eigenvalue weighted by Crippen LogP contribution is -2.29. The number of carbonyl (C=O) groups excluding carboxylic acids is 1. The second kappa shape index (κ2) is 6.25. The Morgan fingerprint density at radius 1 is 1.60 bits per heavy atom. The van der Waals surface area contributed by atoms with Crippen molar-refractivity contribution in [2.75, 3.05) is 0 Å². The van der Waals surface area contributed by atoms with Crippen LogP contribution in [-0.4, -0.2) is 20.7 Å². The standard InChI is InChI=1S/C11H12BrN5O2S/c1-17-10(19)15-16-11(17)20-5-7-3-2-6(4-8(7)12)9(18)14-13/h2-4H,5,13H2,1H3,(H,14,18)(H,15,19). The summed E-state index contributed by atoms with van der Waals surface area (Å²) in [5.41, 5.74) is 3.29. The fraction of sp³-hybridized carbons (Fsp3) is 0.182. The fourth-order valence-electron chi connectivity index (χ4n) is 1.49. The topological polar surface area (TPSA) is 106 Å². The molecule has 0 saturated carbocycles. The number of benzene rings is 1. The molecule has 1 aromatic carbocycles. The maximum Gasteiger partial charge on any atom is 0.343 e. The number of thioether (sulfide) groups is 1. The first-order chi connectivity index (χ1) is 9.52. The molecule has 1 aromatic heterocycles. The SMILES string of the molecule is Cn1c(SCc2ccc(C(=O)NN)cc2Br)n[nH]c1=O. The average Bonchev–Trinajstić information content (AvgIpc) is 2.76. The van der Waals surface area contributed by atoms with Crippen molar-refractivity contribution in [3.63, 3.8) is 0 Å². The number of nitrogens with zero attached hydrogens (tertiary/aromatic N) is 2. The summed E-state index contributed by atoms with van der Waals surface area (Å²) in [5, 5.41) is 6.89. The lowest BCUT2D eigenvalue weighted by molar-refractivity contribution is 0.0953. The minimum Gasteiger partial charge on any atom is -0.290 e. The van der Waals surface area contributed by atoms with Gasteiger partial charge < -0.3 is 0 Å². The Balaban J connectivity index is 2.12. The second-order valence-corrected chi connectivity index (χ2v) is 5.74. The van der Waals surface area contributed by atoms with Crippen LogP contribution in [0.25, 0.3) is 0 Å². The normalized spacial score (nSPS) is 10.6. The number of aromatic nitrogens is 3. The van der Waals surface area contributed by atoms with Crippen LogP contribution in [0.1, 0.15) is 15.9 Å². The molecule has 0 atom stereocenters. The molecule has 1 amide bonds. The Labute approximate surface area is 127 Å². The van der Waals surface area contributed by atoms with E-state index in [4.69, 9.17) is 5.84 Å². The molecule has 0 fully saturated rings. The molecule has 4 N–H and O–H groups in total. The predicted octanol–water partition coefficient (Wildman–Crippen LogP) is 0.767. The quantitative estimate of drug-likeness (QED) is 0.324. The van der Waals surface area contributed by atoms with E-state index >= 15 is 0 Å². The van der Waals surface area contributed by atoms with Gasteiger partial charge in [0.2, 0.25) is 0 Å². The maximum atomic E-state index is 11.4. The highest BCUT2D eigenvalue weighted by Gasteiger charge is 2.09. The molecule has 0 aliphatic heterocycles. The summed E-state index contributed by atoms with van der Waals surface area (Å²) in [7, 11) is 1.65. The lowest BCUT2D eigenvalue weighted by atomic mass is 10.1. The molecule has 0 radical (unpaired) electrons. The van der Waals surface area contributed by atoms with Gasteiger partial charge in [0.05, 0.1) is 0 Å². The number of halogens is 1. The van der Waals surface area contributed by atoms with Crippen molar-refractivity contribution in [2.24, 2.45) is 12.9 Å². The van der Waals surface area contributed by atoms with Crippen molar-refractivity contribution in [1.82, 2.24) is 20.2 Å². The number of carbonyl (C=O) groups is 1. The Morgan fingerprint density at radius 3 is 2.90 bits per heavy atom. The van der Waals surface area contributed by atoms with E-state index in [1.165, 1.54) is 16.3 Å².